The average Bonchev–Trinajstić information content (AvgIpc) is 2.69. The van der Waals surface area contributed by atoms with E-state index in [1.54, 1.807) is 18.2 Å². The van der Waals surface area contributed by atoms with E-state index in [0.717, 1.165) is 17.7 Å². The van der Waals surface area contributed by atoms with Crippen LogP contribution >= 0.6 is 0 Å². The molecule has 1 aliphatic carbocycles. The molecule has 23 heavy (non-hydrogen) atoms. The Labute approximate surface area is 139 Å². The first-order valence-corrected chi connectivity index (χ1v) is 8.29. The second-order valence-electron chi connectivity index (χ2n) is 5.81. The number of hydrogen-bond donors (Lipinski definition) is 1. The molecule has 0 aromatic heterocycles. The van der Waals surface area contributed by atoms with Crippen LogP contribution < -0.4 is 0 Å². The standard InChI is InChI=1S/C18H22O3.C2H6/c1-12-7-8-17(9-13(2)14(12)3)21-11-15-5-4-6-16(10-15)18(19)20;1-2/h4-8,10,13-14H,9,11H2,1-3H3,(H,19,20);1-2H3. The summed E-state index contributed by atoms with van der Waals surface area (Å²) >= 11 is 0. The van der Waals surface area contributed by atoms with E-state index in [2.05, 4.69) is 26.8 Å². The number of carboxylic acid groups (broad SMARTS) is 1. The predicted octanol–water partition coefficient (Wildman–Crippen LogP) is 5.43. The lowest BCUT2D eigenvalue weighted by atomic mass is 9.88. The van der Waals surface area contributed by atoms with Gasteiger partial charge in [0.25, 0.3) is 0 Å². The smallest absolute Gasteiger partial charge is 0.335 e. The molecule has 0 amide bonds. The van der Waals surface area contributed by atoms with Crippen molar-refractivity contribution in [2.24, 2.45) is 11.8 Å². The molecule has 0 radical (unpaired) electrons. The summed E-state index contributed by atoms with van der Waals surface area (Å²) in [4.78, 5) is 11.0. The Balaban J connectivity index is 0.00000127. The first-order valence-electron chi connectivity index (χ1n) is 8.29. The van der Waals surface area contributed by atoms with Crippen LogP contribution in [-0.4, -0.2) is 11.1 Å². The summed E-state index contributed by atoms with van der Waals surface area (Å²) in [6.45, 7) is 11.0. The van der Waals surface area contributed by atoms with Crippen molar-refractivity contribution in [2.45, 2.75) is 47.6 Å². The van der Waals surface area contributed by atoms with Crippen molar-refractivity contribution >= 4 is 5.97 Å². The maximum Gasteiger partial charge on any atom is 0.335 e. The Morgan fingerprint density at radius 2 is 1.96 bits per heavy atom. The monoisotopic (exact) mass is 316 g/mol. The highest BCUT2D eigenvalue weighted by atomic mass is 16.5. The summed E-state index contributed by atoms with van der Waals surface area (Å²) in [6, 6.07) is 6.88. The molecule has 0 fully saturated rings. The van der Waals surface area contributed by atoms with Gasteiger partial charge >= 0.3 is 5.97 Å². The van der Waals surface area contributed by atoms with Crippen LogP contribution in [0.1, 0.15) is 57.0 Å². The third kappa shape index (κ3) is 5.59. The highest BCUT2D eigenvalue weighted by Crippen LogP contribution is 2.29. The Bertz CT molecular complexity index is 584. The second kappa shape index (κ2) is 9.19. The summed E-state index contributed by atoms with van der Waals surface area (Å²) in [5.41, 5.74) is 2.54. The number of rotatable bonds is 4. The fourth-order valence-corrected chi connectivity index (χ4v) is 2.46. The van der Waals surface area contributed by atoms with Crippen LogP contribution in [-0.2, 0) is 11.3 Å². The van der Waals surface area contributed by atoms with Crippen LogP contribution in [0.15, 0.2) is 47.7 Å². The van der Waals surface area contributed by atoms with Gasteiger partial charge in [0.05, 0.1) is 11.3 Å². The highest BCUT2D eigenvalue weighted by molar-refractivity contribution is 5.87. The molecule has 2 unspecified atom stereocenters. The average molecular weight is 316 g/mol. The second-order valence-corrected chi connectivity index (χ2v) is 5.81. The molecule has 0 saturated carbocycles. The van der Waals surface area contributed by atoms with Crippen LogP contribution in [0.4, 0.5) is 0 Å². The van der Waals surface area contributed by atoms with Gasteiger partial charge in [-0.2, -0.15) is 0 Å². The first kappa shape index (κ1) is 19.0. The largest absolute Gasteiger partial charge is 0.493 e. The van der Waals surface area contributed by atoms with Crippen LogP contribution in [0.5, 0.6) is 0 Å². The van der Waals surface area contributed by atoms with E-state index in [9.17, 15) is 4.79 Å². The minimum absolute atomic E-state index is 0.295. The SMILES string of the molecule is CC.CC1=CC=C(OCc2cccc(C(=O)O)c2)CC(C)C1C. The number of hydrogen-bond acceptors (Lipinski definition) is 2. The maximum atomic E-state index is 11.0. The molecule has 1 aliphatic rings. The Hall–Kier alpha value is -2.03. The first-order chi connectivity index (χ1) is 11.0. The Morgan fingerprint density at radius 1 is 1.26 bits per heavy atom. The highest BCUT2D eigenvalue weighted by Gasteiger charge is 2.18. The molecule has 3 heteroatoms. The zero-order chi connectivity index (χ0) is 17.4. The van der Waals surface area contributed by atoms with Gasteiger partial charge in [0.15, 0.2) is 0 Å². The van der Waals surface area contributed by atoms with Crippen LogP contribution in [0.25, 0.3) is 0 Å². The van der Waals surface area contributed by atoms with E-state index in [-0.39, 0.29) is 0 Å². The summed E-state index contributed by atoms with van der Waals surface area (Å²) < 4.78 is 5.87. The lowest BCUT2D eigenvalue weighted by Gasteiger charge is -2.19. The lowest BCUT2D eigenvalue weighted by molar-refractivity contribution is 0.0696. The normalized spacial score (nSPS) is 20.4. The molecule has 0 bridgehead atoms. The third-order valence-electron chi connectivity index (χ3n) is 4.23. The van der Waals surface area contributed by atoms with Crippen LogP contribution in [0.3, 0.4) is 0 Å². The summed E-state index contributed by atoms with van der Waals surface area (Å²) in [6.07, 6.45) is 5.07. The molecule has 1 aromatic rings. The van der Waals surface area contributed by atoms with Crippen LogP contribution in [0, 0.1) is 11.8 Å². The van der Waals surface area contributed by atoms with Gasteiger partial charge in [0.1, 0.15) is 6.61 Å². The Morgan fingerprint density at radius 3 is 2.61 bits per heavy atom. The molecule has 0 aliphatic heterocycles. The van der Waals surface area contributed by atoms with Crippen molar-refractivity contribution in [1.82, 2.24) is 0 Å². The summed E-state index contributed by atoms with van der Waals surface area (Å²) in [7, 11) is 0. The van der Waals surface area contributed by atoms with E-state index >= 15 is 0 Å². The number of aromatic carboxylic acids is 1. The third-order valence-corrected chi connectivity index (χ3v) is 4.23. The zero-order valence-electron chi connectivity index (χ0n) is 14.8. The minimum Gasteiger partial charge on any atom is -0.493 e. The van der Waals surface area contributed by atoms with Gasteiger partial charge in [-0.25, -0.2) is 4.79 Å². The molecular weight excluding hydrogens is 288 g/mol. The van der Waals surface area contributed by atoms with Crippen molar-refractivity contribution in [3.8, 4) is 0 Å². The molecule has 0 spiro atoms. The molecule has 126 valence electrons. The van der Waals surface area contributed by atoms with Gasteiger partial charge in [0.2, 0.25) is 0 Å². The lowest BCUT2D eigenvalue weighted by Crippen LogP contribution is -2.09. The maximum absolute atomic E-state index is 11.0. The number of carboxylic acids is 1. The van der Waals surface area contributed by atoms with Crippen molar-refractivity contribution < 1.29 is 14.6 Å². The number of carbonyl (C=O) groups is 1. The quantitative estimate of drug-likeness (QED) is 0.805. The van der Waals surface area contributed by atoms with Gasteiger partial charge < -0.3 is 9.84 Å². The Kier molecular flexibility index (Phi) is 7.60. The molecule has 0 saturated heterocycles. The fraction of sp³-hybridized carbons (Fsp3) is 0.450. The van der Waals surface area contributed by atoms with Gasteiger partial charge in [-0.15, -0.1) is 0 Å². The van der Waals surface area contributed by atoms with Crippen molar-refractivity contribution in [3.63, 3.8) is 0 Å². The van der Waals surface area contributed by atoms with E-state index in [1.807, 2.05) is 26.0 Å². The molecule has 2 rings (SSSR count). The number of allylic oxidation sites excluding steroid dienone is 4. The predicted molar refractivity (Wildman–Crippen MR) is 94.3 cm³/mol. The van der Waals surface area contributed by atoms with E-state index in [4.69, 9.17) is 9.84 Å². The molecule has 0 heterocycles. The van der Waals surface area contributed by atoms with Gasteiger partial charge in [-0.3, -0.25) is 0 Å². The van der Waals surface area contributed by atoms with E-state index < -0.39 is 5.97 Å². The molecule has 1 N–H and O–H groups in total. The minimum atomic E-state index is -0.911. The van der Waals surface area contributed by atoms with Gasteiger partial charge in [0, 0.05) is 6.42 Å². The van der Waals surface area contributed by atoms with Gasteiger partial charge in [-0.05, 0) is 42.5 Å². The van der Waals surface area contributed by atoms with Crippen molar-refractivity contribution in [2.75, 3.05) is 0 Å². The van der Waals surface area contributed by atoms with E-state index in [0.29, 0.717) is 24.0 Å². The summed E-state index contributed by atoms with van der Waals surface area (Å²) in [5.74, 6) is 1.15. The molecular formula is C20H28O3. The van der Waals surface area contributed by atoms with Crippen LogP contribution in [0.2, 0.25) is 0 Å². The molecule has 2 atom stereocenters. The topological polar surface area (TPSA) is 46.5 Å². The fourth-order valence-electron chi connectivity index (χ4n) is 2.46. The van der Waals surface area contributed by atoms with Crippen molar-refractivity contribution in [3.05, 3.63) is 58.9 Å². The number of benzene rings is 1. The zero-order valence-corrected chi connectivity index (χ0v) is 14.8. The summed E-state index contributed by atoms with van der Waals surface area (Å²) in [5, 5.41) is 9.00. The molecule has 3 nitrogen and oxygen atoms in total. The van der Waals surface area contributed by atoms with E-state index in [1.165, 1.54) is 5.57 Å². The van der Waals surface area contributed by atoms with Crippen molar-refractivity contribution in [1.29, 1.82) is 0 Å². The van der Waals surface area contributed by atoms with Gasteiger partial charge in [-0.1, -0.05) is 51.5 Å². The number of ether oxygens (including phenoxy) is 1. The molecule has 1 aromatic carbocycles.